The van der Waals surface area contributed by atoms with Gasteiger partial charge >= 0.3 is 5.97 Å². The third kappa shape index (κ3) is 3.19. The number of rotatable bonds is 3. The Morgan fingerprint density at radius 3 is 2.95 bits per heavy atom. The fourth-order valence-electron chi connectivity index (χ4n) is 1.88. The van der Waals surface area contributed by atoms with Gasteiger partial charge < -0.3 is 15.3 Å². The van der Waals surface area contributed by atoms with Crippen LogP contribution < -0.4 is 5.32 Å². The average Bonchev–Trinajstić information content (AvgIpc) is 2.44. The summed E-state index contributed by atoms with van der Waals surface area (Å²) in [6.07, 6.45) is 5.12. The fourth-order valence-corrected chi connectivity index (χ4v) is 1.88. The highest BCUT2D eigenvalue weighted by Crippen LogP contribution is 2.13. The van der Waals surface area contributed by atoms with E-state index in [-0.39, 0.29) is 18.4 Å². The first-order valence-electron chi connectivity index (χ1n) is 5.99. The van der Waals surface area contributed by atoms with Gasteiger partial charge in [-0.25, -0.2) is 4.79 Å². The Kier molecular flexibility index (Phi) is 4.09. The number of amides is 2. The molecule has 20 heavy (non-hydrogen) atoms. The van der Waals surface area contributed by atoms with Crippen LogP contribution in [0.15, 0.2) is 24.5 Å². The number of pyridine rings is 1. The van der Waals surface area contributed by atoms with E-state index in [4.69, 9.17) is 5.11 Å². The SMILES string of the molecule is O=C(O)C=Cc1cnccc1C(=O)N1CCNC(=O)C1. The van der Waals surface area contributed by atoms with Gasteiger partial charge in [0, 0.05) is 42.7 Å². The molecule has 2 amide bonds. The maximum absolute atomic E-state index is 12.3. The maximum atomic E-state index is 12.3. The summed E-state index contributed by atoms with van der Waals surface area (Å²) in [4.78, 5) is 39.5. The van der Waals surface area contributed by atoms with Gasteiger partial charge in [-0.2, -0.15) is 0 Å². The first kappa shape index (κ1) is 13.7. The summed E-state index contributed by atoms with van der Waals surface area (Å²) >= 11 is 0. The molecule has 0 spiro atoms. The topological polar surface area (TPSA) is 99.6 Å². The van der Waals surface area contributed by atoms with Crippen molar-refractivity contribution in [2.45, 2.75) is 0 Å². The van der Waals surface area contributed by atoms with E-state index < -0.39 is 5.97 Å². The second-order valence-corrected chi connectivity index (χ2v) is 4.21. The number of hydrogen-bond acceptors (Lipinski definition) is 4. The molecule has 1 aromatic rings. The lowest BCUT2D eigenvalue weighted by Crippen LogP contribution is -2.50. The van der Waals surface area contributed by atoms with E-state index in [1.54, 1.807) is 0 Å². The van der Waals surface area contributed by atoms with E-state index in [9.17, 15) is 14.4 Å². The number of nitrogens with zero attached hydrogens (tertiary/aromatic N) is 2. The zero-order chi connectivity index (χ0) is 14.5. The lowest BCUT2D eigenvalue weighted by atomic mass is 10.1. The Morgan fingerprint density at radius 2 is 2.25 bits per heavy atom. The van der Waals surface area contributed by atoms with Gasteiger partial charge in [-0.1, -0.05) is 0 Å². The Balaban J connectivity index is 2.25. The predicted molar refractivity (Wildman–Crippen MR) is 69.8 cm³/mol. The van der Waals surface area contributed by atoms with Gasteiger partial charge in [0.2, 0.25) is 5.91 Å². The van der Waals surface area contributed by atoms with Crippen molar-refractivity contribution in [1.82, 2.24) is 15.2 Å². The summed E-state index contributed by atoms with van der Waals surface area (Å²) in [5.74, 6) is -1.63. The Bertz CT molecular complexity index is 583. The number of carbonyl (C=O) groups is 3. The van der Waals surface area contributed by atoms with Crippen LogP contribution in [-0.4, -0.2) is 52.4 Å². The zero-order valence-corrected chi connectivity index (χ0v) is 10.6. The number of nitrogens with one attached hydrogen (secondary N) is 1. The molecule has 7 heteroatoms. The van der Waals surface area contributed by atoms with E-state index in [0.717, 1.165) is 6.08 Å². The number of carbonyl (C=O) groups excluding carboxylic acids is 2. The van der Waals surface area contributed by atoms with Crippen LogP contribution in [0, 0.1) is 0 Å². The lowest BCUT2D eigenvalue weighted by molar-refractivity contribution is -0.131. The Hall–Kier alpha value is -2.70. The molecule has 2 rings (SSSR count). The van der Waals surface area contributed by atoms with Gasteiger partial charge in [0.15, 0.2) is 0 Å². The first-order valence-corrected chi connectivity index (χ1v) is 5.99. The van der Waals surface area contributed by atoms with Crippen molar-refractivity contribution < 1.29 is 19.5 Å². The number of carboxylic acid groups (broad SMARTS) is 1. The van der Waals surface area contributed by atoms with Gasteiger partial charge in [-0.15, -0.1) is 0 Å². The van der Waals surface area contributed by atoms with E-state index in [0.29, 0.717) is 24.2 Å². The fraction of sp³-hybridized carbons (Fsp3) is 0.231. The Morgan fingerprint density at radius 1 is 1.45 bits per heavy atom. The van der Waals surface area contributed by atoms with Crippen LogP contribution in [0.5, 0.6) is 0 Å². The highest BCUT2D eigenvalue weighted by molar-refractivity contribution is 6.00. The molecule has 1 fully saturated rings. The smallest absolute Gasteiger partial charge is 0.328 e. The summed E-state index contributed by atoms with van der Waals surface area (Å²) in [5, 5.41) is 11.3. The Labute approximate surface area is 114 Å². The van der Waals surface area contributed by atoms with Gasteiger partial charge in [0.05, 0.1) is 6.54 Å². The van der Waals surface area contributed by atoms with E-state index in [1.807, 2.05) is 0 Å². The van der Waals surface area contributed by atoms with Crippen molar-refractivity contribution in [2.24, 2.45) is 0 Å². The van der Waals surface area contributed by atoms with E-state index >= 15 is 0 Å². The van der Waals surface area contributed by atoms with Gasteiger partial charge in [-0.05, 0) is 12.1 Å². The molecule has 0 bridgehead atoms. The van der Waals surface area contributed by atoms with Gasteiger partial charge in [0.25, 0.3) is 5.91 Å². The summed E-state index contributed by atoms with van der Waals surface area (Å²) in [6.45, 7) is 0.841. The second kappa shape index (κ2) is 5.96. The standard InChI is InChI=1S/C13H13N3O4/c17-11-8-16(6-5-15-11)13(20)10-3-4-14-7-9(10)1-2-12(18)19/h1-4,7H,5-6,8H2,(H,15,17)(H,18,19). The number of aliphatic carboxylic acids is 1. The van der Waals surface area contributed by atoms with Crippen molar-refractivity contribution in [3.05, 3.63) is 35.7 Å². The third-order valence-corrected chi connectivity index (χ3v) is 2.81. The van der Waals surface area contributed by atoms with Gasteiger partial charge in [-0.3, -0.25) is 14.6 Å². The largest absolute Gasteiger partial charge is 0.478 e. The molecule has 0 aromatic carbocycles. The molecule has 1 saturated heterocycles. The molecule has 7 nitrogen and oxygen atoms in total. The molecular weight excluding hydrogens is 262 g/mol. The van der Waals surface area contributed by atoms with E-state index in [2.05, 4.69) is 10.3 Å². The van der Waals surface area contributed by atoms with Crippen LogP contribution in [0.4, 0.5) is 0 Å². The highest BCUT2D eigenvalue weighted by Gasteiger charge is 2.23. The molecule has 1 aliphatic heterocycles. The highest BCUT2D eigenvalue weighted by atomic mass is 16.4. The minimum atomic E-state index is -1.11. The molecular formula is C13H13N3O4. The lowest BCUT2D eigenvalue weighted by Gasteiger charge is -2.27. The number of piperazine rings is 1. The normalized spacial score (nSPS) is 15.2. The number of aromatic nitrogens is 1. The van der Waals surface area contributed by atoms with Crippen molar-refractivity contribution in [2.75, 3.05) is 19.6 Å². The molecule has 0 saturated carbocycles. The second-order valence-electron chi connectivity index (χ2n) is 4.21. The summed E-state index contributed by atoms with van der Waals surface area (Å²) in [7, 11) is 0. The van der Waals surface area contributed by atoms with Crippen LogP contribution in [0.1, 0.15) is 15.9 Å². The average molecular weight is 275 g/mol. The van der Waals surface area contributed by atoms with Crippen molar-refractivity contribution in [3.63, 3.8) is 0 Å². The molecule has 0 aliphatic carbocycles. The van der Waals surface area contributed by atoms with Gasteiger partial charge in [0.1, 0.15) is 0 Å². The quantitative estimate of drug-likeness (QED) is 0.741. The number of carboxylic acids is 1. The van der Waals surface area contributed by atoms with Crippen LogP contribution >= 0.6 is 0 Å². The minimum absolute atomic E-state index is 0.00322. The molecule has 1 aromatic heterocycles. The van der Waals surface area contributed by atoms with Crippen LogP contribution in [0.3, 0.4) is 0 Å². The molecule has 1 aliphatic rings. The van der Waals surface area contributed by atoms with Crippen LogP contribution in [0.2, 0.25) is 0 Å². The zero-order valence-electron chi connectivity index (χ0n) is 10.6. The summed E-state index contributed by atoms with van der Waals surface area (Å²) in [6, 6.07) is 1.51. The number of hydrogen-bond donors (Lipinski definition) is 2. The predicted octanol–water partition coefficient (Wildman–Crippen LogP) is -0.249. The third-order valence-electron chi connectivity index (χ3n) is 2.81. The molecule has 0 unspecified atom stereocenters. The van der Waals surface area contributed by atoms with Crippen molar-refractivity contribution in [1.29, 1.82) is 0 Å². The van der Waals surface area contributed by atoms with Crippen molar-refractivity contribution in [3.8, 4) is 0 Å². The minimum Gasteiger partial charge on any atom is -0.478 e. The molecule has 0 atom stereocenters. The molecule has 104 valence electrons. The van der Waals surface area contributed by atoms with E-state index in [1.165, 1.54) is 29.4 Å². The first-order chi connectivity index (χ1) is 9.58. The monoisotopic (exact) mass is 275 g/mol. The molecule has 0 radical (unpaired) electrons. The maximum Gasteiger partial charge on any atom is 0.328 e. The van der Waals surface area contributed by atoms with Crippen molar-refractivity contribution >= 4 is 23.9 Å². The molecule has 2 N–H and O–H groups in total. The van der Waals surface area contributed by atoms with Crippen LogP contribution in [0.25, 0.3) is 6.08 Å². The van der Waals surface area contributed by atoms with Crippen LogP contribution in [-0.2, 0) is 9.59 Å². The summed E-state index contributed by atoms with van der Waals surface area (Å²) in [5.41, 5.74) is 0.734. The summed E-state index contributed by atoms with van der Waals surface area (Å²) < 4.78 is 0. The molecule has 2 heterocycles.